The molecule has 0 radical (unpaired) electrons. The molecule has 0 saturated carbocycles. The van der Waals surface area contributed by atoms with Crippen LogP contribution >= 0.6 is 0 Å². The molecule has 2 N–H and O–H groups in total. The van der Waals surface area contributed by atoms with Gasteiger partial charge < -0.3 is 5.73 Å². The summed E-state index contributed by atoms with van der Waals surface area (Å²) in [6, 6.07) is 2.11. The predicted molar refractivity (Wildman–Crippen MR) is 54.1 cm³/mol. The van der Waals surface area contributed by atoms with Crippen LogP contribution in [0.3, 0.4) is 0 Å². The van der Waals surface area contributed by atoms with Gasteiger partial charge in [0.1, 0.15) is 5.82 Å². The van der Waals surface area contributed by atoms with Crippen molar-refractivity contribution in [2.45, 2.75) is 19.1 Å². The van der Waals surface area contributed by atoms with E-state index in [0.717, 1.165) is 12.1 Å². The van der Waals surface area contributed by atoms with Crippen molar-refractivity contribution in [3.05, 3.63) is 41.2 Å². The predicted octanol–water partition coefficient (Wildman–Crippen LogP) is 3.20. The minimum absolute atomic E-state index is 0.0882. The van der Waals surface area contributed by atoms with Crippen LogP contribution in [0.4, 0.5) is 17.6 Å². The van der Waals surface area contributed by atoms with Crippen molar-refractivity contribution in [2.24, 2.45) is 5.73 Å². The average molecular weight is 233 g/mol. The number of alkyl halides is 3. The van der Waals surface area contributed by atoms with Crippen LogP contribution in [-0.4, -0.2) is 6.04 Å². The van der Waals surface area contributed by atoms with Crippen LogP contribution in [0.25, 0.3) is 6.08 Å². The molecule has 1 aromatic rings. The van der Waals surface area contributed by atoms with Crippen molar-refractivity contribution < 1.29 is 17.6 Å². The second-order valence-electron chi connectivity index (χ2n) is 3.45. The maximum atomic E-state index is 13.2. The lowest BCUT2D eigenvalue weighted by atomic mass is 10.1. The molecule has 1 aromatic carbocycles. The third-order valence-electron chi connectivity index (χ3n) is 1.91. The highest BCUT2D eigenvalue weighted by Gasteiger charge is 2.30. The van der Waals surface area contributed by atoms with E-state index in [4.69, 9.17) is 5.73 Å². The van der Waals surface area contributed by atoms with Crippen molar-refractivity contribution in [3.63, 3.8) is 0 Å². The van der Waals surface area contributed by atoms with Gasteiger partial charge in [-0.2, -0.15) is 13.2 Å². The molecule has 0 aromatic heterocycles. The molecule has 0 aliphatic rings. The molecule has 16 heavy (non-hydrogen) atoms. The zero-order valence-electron chi connectivity index (χ0n) is 8.55. The number of benzene rings is 1. The van der Waals surface area contributed by atoms with Gasteiger partial charge in [-0.3, -0.25) is 0 Å². The van der Waals surface area contributed by atoms with Gasteiger partial charge in [-0.15, -0.1) is 0 Å². The molecule has 0 bridgehead atoms. The van der Waals surface area contributed by atoms with Gasteiger partial charge in [0.05, 0.1) is 5.56 Å². The lowest BCUT2D eigenvalue weighted by Gasteiger charge is -2.07. The van der Waals surface area contributed by atoms with Gasteiger partial charge in [-0.05, 0) is 19.1 Å². The first-order chi connectivity index (χ1) is 7.30. The Morgan fingerprint density at radius 2 is 1.94 bits per heavy atom. The summed E-state index contributed by atoms with van der Waals surface area (Å²) in [6.45, 7) is 1.68. The van der Waals surface area contributed by atoms with Crippen LogP contribution in [-0.2, 0) is 6.18 Å². The first-order valence-electron chi connectivity index (χ1n) is 4.61. The van der Waals surface area contributed by atoms with Gasteiger partial charge >= 0.3 is 6.18 Å². The molecule has 0 fully saturated rings. The van der Waals surface area contributed by atoms with Gasteiger partial charge in [-0.25, -0.2) is 4.39 Å². The Morgan fingerprint density at radius 1 is 1.31 bits per heavy atom. The third kappa shape index (κ3) is 3.34. The van der Waals surface area contributed by atoms with Crippen LogP contribution in [0.5, 0.6) is 0 Å². The molecule has 0 spiro atoms. The Bertz CT molecular complexity index is 393. The number of rotatable bonds is 2. The molecular weight excluding hydrogens is 222 g/mol. The molecule has 1 rings (SSSR count). The fourth-order valence-electron chi connectivity index (χ4n) is 1.09. The highest BCUT2D eigenvalue weighted by atomic mass is 19.4. The summed E-state index contributed by atoms with van der Waals surface area (Å²) in [7, 11) is 0. The summed E-state index contributed by atoms with van der Waals surface area (Å²) in [5, 5.41) is 0. The van der Waals surface area contributed by atoms with E-state index in [9.17, 15) is 17.6 Å². The van der Waals surface area contributed by atoms with Crippen LogP contribution in [0.2, 0.25) is 0 Å². The maximum Gasteiger partial charge on any atom is 0.416 e. The molecule has 88 valence electrons. The van der Waals surface area contributed by atoms with Crippen molar-refractivity contribution >= 4 is 6.08 Å². The van der Waals surface area contributed by atoms with E-state index in [-0.39, 0.29) is 11.6 Å². The SMILES string of the molecule is CC(N)/C=C/c1ccc(C(F)(F)F)cc1F. The summed E-state index contributed by atoms with van der Waals surface area (Å²) < 4.78 is 49.9. The Kier molecular flexibility index (Phi) is 3.70. The fourth-order valence-corrected chi connectivity index (χ4v) is 1.09. The Hall–Kier alpha value is -1.36. The van der Waals surface area contributed by atoms with E-state index in [1.165, 1.54) is 12.2 Å². The minimum Gasteiger partial charge on any atom is -0.325 e. The van der Waals surface area contributed by atoms with Crippen LogP contribution < -0.4 is 5.73 Å². The Labute approximate surface area is 90.6 Å². The second-order valence-corrected chi connectivity index (χ2v) is 3.45. The topological polar surface area (TPSA) is 26.0 Å². The monoisotopic (exact) mass is 233 g/mol. The summed E-state index contributed by atoms with van der Waals surface area (Å²) >= 11 is 0. The van der Waals surface area contributed by atoms with Crippen LogP contribution in [0.15, 0.2) is 24.3 Å². The molecule has 1 nitrogen and oxygen atoms in total. The summed E-state index contributed by atoms with van der Waals surface area (Å²) in [6.07, 6.45) is -1.66. The maximum absolute atomic E-state index is 13.2. The van der Waals surface area contributed by atoms with E-state index in [1.807, 2.05) is 0 Å². The fraction of sp³-hybridized carbons (Fsp3) is 0.273. The van der Waals surface area contributed by atoms with Crippen molar-refractivity contribution in [1.82, 2.24) is 0 Å². The standard InChI is InChI=1S/C11H11F4N/c1-7(16)2-3-8-4-5-9(6-10(8)12)11(13,14)15/h2-7H,16H2,1H3/b3-2+. The Balaban J connectivity index is 3.01. The highest BCUT2D eigenvalue weighted by Crippen LogP contribution is 2.30. The third-order valence-corrected chi connectivity index (χ3v) is 1.91. The van der Waals surface area contributed by atoms with Gasteiger partial charge in [-0.1, -0.05) is 18.2 Å². The average Bonchev–Trinajstić information content (AvgIpc) is 2.14. The van der Waals surface area contributed by atoms with Crippen molar-refractivity contribution in [3.8, 4) is 0 Å². The zero-order chi connectivity index (χ0) is 12.3. The van der Waals surface area contributed by atoms with E-state index in [2.05, 4.69) is 0 Å². The molecule has 0 aliphatic carbocycles. The molecule has 1 unspecified atom stereocenters. The van der Waals surface area contributed by atoms with Crippen molar-refractivity contribution in [2.75, 3.05) is 0 Å². The minimum atomic E-state index is -4.52. The first kappa shape index (κ1) is 12.7. The van der Waals surface area contributed by atoms with Crippen LogP contribution in [0, 0.1) is 5.82 Å². The second kappa shape index (κ2) is 4.65. The summed E-state index contributed by atoms with van der Waals surface area (Å²) in [5.74, 6) is -0.910. The normalized spacial score (nSPS) is 14.4. The van der Waals surface area contributed by atoms with Crippen molar-refractivity contribution in [1.29, 1.82) is 0 Å². The highest BCUT2D eigenvalue weighted by molar-refractivity contribution is 5.51. The molecule has 1 atom stereocenters. The van der Waals surface area contributed by atoms with E-state index in [0.29, 0.717) is 6.07 Å². The number of hydrogen-bond acceptors (Lipinski definition) is 1. The lowest BCUT2D eigenvalue weighted by Crippen LogP contribution is -2.10. The molecule has 0 heterocycles. The van der Waals surface area contributed by atoms with E-state index < -0.39 is 17.6 Å². The first-order valence-corrected chi connectivity index (χ1v) is 4.61. The number of halogens is 4. The smallest absolute Gasteiger partial charge is 0.325 e. The van der Waals surface area contributed by atoms with E-state index >= 15 is 0 Å². The van der Waals surface area contributed by atoms with Gasteiger partial charge in [0.15, 0.2) is 0 Å². The number of hydrogen-bond donors (Lipinski definition) is 1. The summed E-state index contributed by atoms with van der Waals surface area (Å²) in [4.78, 5) is 0. The molecule has 0 saturated heterocycles. The molecule has 0 aliphatic heterocycles. The van der Waals surface area contributed by atoms with Gasteiger partial charge in [0, 0.05) is 11.6 Å². The number of nitrogens with two attached hydrogens (primary N) is 1. The van der Waals surface area contributed by atoms with Crippen LogP contribution in [0.1, 0.15) is 18.1 Å². The summed E-state index contributed by atoms with van der Waals surface area (Å²) in [5.41, 5.74) is 4.49. The molecule has 0 amide bonds. The van der Waals surface area contributed by atoms with E-state index in [1.54, 1.807) is 6.92 Å². The molecular formula is C11H11F4N. The quantitative estimate of drug-likeness (QED) is 0.780. The zero-order valence-corrected chi connectivity index (χ0v) is 8.55. The molecule has 5 heteroatoms. The largest absolute Gasteiger partial charge is 0.416 e. The Morgan fingerprint density at radius 3 is 2.38 bits per heavy atom. The van der Waals surface area contributed by atoms with Gasteiger partial charge in [0.2, 0.25) is 0 Å². The lowest BCUT2D eigenvalue weighted by molar-refractivity contribution is -0.137. The van der Waals surface area contributed by atoms with Gasteiger partial charge in [0.25, 0.3) is 0 Å².